The molecule has 0 aromatic heterocycles. The third-order valence-corrected chi connectivity index (χ3v) is 2.05. The molecule has 0 fully saturated rings. The highest BCUT2D eigenvalue weighted by Crippen LogP contribution is 2.11. The van der Waals surface area contributed by atoms with Crippen molar-refractivity contribution < 1.29 is 0 Å². The number of unbranched alkanes of at least 4 members (excludes halogenated alkanes) is 2. The molecule has 0 aliphatic rings. The maximum Gasteiger partial charge on any atom is 0.00512 e. The molecule has 0 aromatic carbocycles. The summed E-state index contributed by atoms with van der Waals surface area (Å²) in [7, 11) is 0. The zero-order valence-corrected chi connectivity index (χ0v) is 7.74. The summed E-state index contributed by atoms with van der Waals surface area (Å²) in [5.74, 6) is 0. The summed E-state index contributed by atoms with van der Waals surface area (Å²) < 4.78 is 0. The average molecular weight is 158 g/mol. The zero-order valence-electron chi connectivity index (χ0n) is 6.84. The van der Waals surface area contributed by atoms with Crippen molar-refractivity contribution >= 4 is 12.6 Å². The molecule has 0 amide bonds. The van der Waals surface area contributed by atoms with E-state index in [1.54, 1.807) is 0 Å². The molecule has 0 saturated carbocycles. The highest BCUT2D eigenvalue weighted by Gasteiger charge is 1.98. The molecule has 0 radical (unpaired) electrons. The minimum Gasteiger partial charge on any atom is -0.176 e. The van der Waals surface area contributed by atoms with Crippen molar-refractivity contribution in [2.45, 2.75) is 44.3 Å². The van der Waals surface area contributed by atoms with Gasteiger partial charge in [-0.2, -0.15) is 12.6 Å². The third kappa shape index (κ3) is 6.21. The Morgan fingerprint density at radius 1 is 1.50 bits per heavy atom. The average Bonchev–Trinajstić information content (AvgIpc) is 1.89. The highest BCUT2D eigenvalue weighted by atomic mass is 32.1. The number of allylic oxidation sites excluding steroid dienone is 1. The van der Waals surface area contributed by atoms with E-state index in [9.17, 15) is 0 Å². The Bertz CT molecular complexity index is 78.8. The fourth-order valence-electron chi connectivity index (χ4n) is 0.940. The predicted molar refractivity (Wildman–Crippen MR) is 51.7 cm³/mol. The zero-order chi connectivity index (χ0) is 7.82. The molecular formula is C9H18S. The van der Waals surface area contributed by atoms with Crippen molar-refractivity contribution in [1.82, 2.24) is 0 Å². The molecular weight excluding hydrogens is 140 g/mol. The third-order valence-electron chi connectivity index (χ3n) is 1.58. The molecule has 1 unspecified atom stereocenters. The van der Waals surface area contributed by atoms with E-state index in [0.717, 1.165) is 6.42 Å². The Kier molecular flexibility index (Phi) is 7.26. The summed E-state index contributed by atoms with van der Waals surface area (Å²) >= 11 is 4.41. The maximum absolute atomic E-state index is 4.41. The van der Waals surface area contributed by atoms with Gasteiger partial charge in [0, 0.05) is 5.25 Å². The topological polar surface area (TPSA) is 0 Å². The Morgan fingerprint density at radius 2 is 2.20 bits per heavy atom. The fraction of sp³-hybridized carbons (Fsp3) is 0.778. The Hall–Kier alpha value is 0.0900. The van der Waals surface area contributed by atoms with Crippen LogP contribution in [0, 0.1) is 0 Å². The van der Waals surface area contributed by atoms with E-state index in [0.29, 0.717) is 5.25 Å². The molecule has 1 atom stereocenters. The first-order valence-electron chi connectivity index (χ1n) is 4.10. The van der Waals surface area contributed by atoms with Crippen molar-refractivity contribution in [3.05, 3.63) is 12.7 Å². The molecule has 0 heterocycles. The predicted octanol–water partition coefficient (Wildman–Crippen LogP) is 3.44. The highest BCUT2D eigenvalue weighted by molar-refractivity contribution is 7.80. The maximum atomic E-state index is 4.41. The SMILES string of the molecule is C=CCC(S)CCCCC. The first-order valence-corrected chi connectivity index (χ1v) is 4.61. The fourth-order valence-corrected chi connectivity index (χ4v) is 1.27. The quantitative estimate of drug-likeness (QED) is 0.342. The molecule has 0 bridgehead atoms. The van der Waals surface area contributed by atoms with Crippen LogP contribution in [0.2, 0.25) is 0 Å². The number of hydrogen-bond donors (Lipinski definition) is 1. The summed E-state index contributed by atoms with van der Waals surface area (Å²) in [6.45, 7) is 5.90. The van der Waals surface area contributed by atoms with Gasteiger partial charge in [0.2, 0.25) is 0 Å². The van der Waals surface area contributed by atoms with Crippen molar-refractivity contribution in [2.24, 2.45) is 0 Å². The van der Waals surface area contributed by atoms with E-state index in [4.69, 9.17) is 0 Å². The van der Waals surface area contributed by atoms with Gasteiger partial charge in [-0.1, -0.05) is 32.3 Å². The smallest absolute Gasteiger partial charge is 0.00512 e. The van der Waals surface area contributed by atoms with Crippen LogP contribution in [0.1, 0.15) is 39.0 Å². The lowest BCUT2D eigenvalue weighted by atomic mass is 10.1. The van der Waals surface area contributed by atoms with Gasteiger partial charge in [-0.05, 0) is 12.8 Å². The van der Waals surface area contributed by atoms with Crippen LogP contribution in [0.5, 0.6) is 0 Å². The summed E-state index contributed by atoms with van der Waals surface area (Å²) in [5, 5.41) is 0.545. The first-order chi connectivity index (χ1) is 4.81. The van der Waals surface area contributed by atoms with E-state index >= 15 is 0 Å². The van der Waals surface area contributed by atoms with Crippen molar-refractivity contribution in [3.8, 4) is 0 Å². The van der Waals surface area contributed by atoms with E-state index in [2.05, 4.69) is 26.1 Å². The van der Waals surface area contributed by atoms with Gasteiger partial charge in [-0.3, -0.25) is 0 Å². The Balaban J connectivity index is 3.04. The van der Waals surface area contributed by atoms with Crippen LogP contribution in [-0.2, 0) is 0 Å². The van der Waals surface area contributed by atoms with E-state index in [-0.39, 0.29) is 0 Å². The van der Waals surface area contributed by atoms with E-state index < -0.39 is 0 Å². The Morgan fingerprint density at radius 3 is 2.70 bits per heavy atom. The summed E-state index contributed by atoms with van der Waals surface area (Å²) in [4.78, 5) is 0. The largest absolute Gasteiger partial charge is 0.176 e. The van der Waals surface area contributed by atoms with Crippen molar-refractivity contribution in [3.63, 3.8) is 0 Å². The Labute approximate surface area is 70.1 Å². The van der Waals surface area contributed by atoms with Gasteiger partial charge in [0.1, 0.15) is 0 Å². The molecule has 60 valence electrons. The van der Waals surface area contributed by atoms with Gasteiger partial charge < -0.3 is 0 Å². The monoisotopic (exact) mass is 158 g/mol. The second-order valence-electron chi connectivity index (χ2n) is 2.67. The van der Waals surface area contributed by atoms with E-state index in [1.807, 2.05) is 6.08 Å². The van der Waals surface area contributed by atoms with Crippen LogP contribution in [0.25, 0.3) is 0 Å². The summed E-state index contributed by atoms with van der Waals surface area (Å²) in [6, 6.07) is 0. The van der Waals surface area contributed by atoms with Gasteiger partial charge in [-0.15, -0.1) is 6.58 Å². The molecule has 1 heteroatoms. The molecule has 0 nitrogen and oxygen atoms in total. The van der Waals surface area contributed by atoms with Gasteiger partial charge in [0.05, 0.1) is 0 Å². The molecule has 0 spiro atoms. The number of rotatable bonds is 6. The van der Waals surface area contributed by atoms with Crippen LogP contribution in [-0.4, -0.2) is 5.25 Å². The van der Waals surface area contributed by atoms with Crippen LogP contribution >= 0.6 is 12.6 Å². The number of hydrogen-bond acceptors (Lipinski definition) is 1. The lowest BCUT2D eigenvalue weighted by molar-refractivity contribution is 0.649. The molecule has 0 saturated heterocycles. The molecule has 0 aromatic rings. The van der Waals surface area contributed by atoms with Gasteiger partial charge >= 0.3 is 0 Å². The lowest BCUT2D eigenvalue weighted by Crippen LogP contribution is -1.95. The molecule has 0 aliphatic heterocycles. The van der Waals surface area contributed by atoms with Gasteiger partial charge in [0.25, 0.3) is 0 Å². The standard InChI is InChI=1S/C9H18S/c1-3-5-6-8-9(10)7-4-2/h4,9-10H,2-3,5-8H2,1H3. The van der Waals surface area contributed by atoms with Crippen LogP contribution in [0.4, 0.5) is 0 Å². The molecule has 10 heavy (non-hydrogen) atoms. The molecule has 0 rings (SSSR count). The summed E-state index contributed by atoms with van der Waals surface area (Å²) in [5.41, 5.74) is 0. The minimum absolute atomic E-state index is 0.545. The normalized spacial score (nSPS) is 13.0. The summed E-state index contributed by atoms with van der Waals surface area (Å²) in [6.07, 6.45) is 8.20. The molecule has 0 aliphatic carbocycles. The number of thiol groups is 1. The first kappa shape index (κ1) is 10.1. The second kappa shape index (κ2) is 7.20. The molecule has 0 N–H and O–H groups in total. The second-order valence-corrected chi connectivity index (χ2v) is 3.40. The van der Waals surface area contributed by atoms with Crippen LogP contribution in [0.3, 0.4) is 0 Å². The van der Waals surface area contributed by atoms with Gasteiger partial charge in [0.15, 0.2) is 0 Å². The van der Waals surface area contributed by atoms with E-state index in [1.165, 1.54) is 25.7 Å². The lowest BCUT2D eigenvalue weighted by Gasteiger charge is -2.05. The van der Waals surface area contributed by atoms with Crippen LogP contribution < -0.4 is 0 Å². The van der Waals surface area contributed by atoms with Crippen molar-refractivity contribution in [2.75, 3.05) is 0 Å². The minimum atomic E-state index is 0.545. The van der Waals surface area contributed by atoms with Crippen molar-refractivity contribution in [1.29, 1.82) is 0 Å². The van der Waals surface area contributed by atoms with Crippen LogP contribution in [0.15, 0.2) is 12.7 Å². The van der Waals surface area contributed by atoms with Gasteiger partial charge in [-0.25, -0.2) is 0 Å².